The standard InChI is InChI=1S/C26H44O3Si2/c1-24(2,3)30(7,8)26(28)18-21(12-11-20-13-15-22(27)16-14-20)17-23(19-26)29-31(9,10)25(4,5)6/h11-17,21,27-28H,18-19H2,1-10H3. The molecule has 5 heteroatoms. The number of aliphatic hydroxyl groups is 1. The van der Waals surface area contributed by atoms with Crippen molar-refractivity contribution in [2.45, 2.75) is 95.9 Å². The molecule has 2 N–H and O–H groups in total. The van der Waals surface area contributed by atoms with E-state index in [9.17, 15) is 10.2 Å². The van der Waals surface area contributed by atoms with E-state index in [4.69, 9.17) is 4.43 Å². The quantitative estimate of drug-likeness (QED) is 0.447. The van der Waals surface area contributed by atoms with Gasteiger partial charge in [0.25, 0.3) is 0 Å². The lowest BCUT2D eigenvalue weighted by Gasteiger charge is -2.52. The van der Waals surface area contributed by atoms with E-state index in [1.807, 2.05) is 12.1 Å². The van der Waals surface area contributed by atoms with E-state index in [0.717, 1.165) is 17.7 Å². The van der Waals surface area contributed by atoms with Crippen molar-refractivity contribution in [1.82, 2.24) is 0 Å². The van der Waals surface area contributed by atoms with Crippen LogP contribution in [0.15, 0.2) is 42.2 Å². The molecule has 2 unspecified atom stereocenters. The lowest BCUT2D eigenvalue weighted by Crippen LogP contribution is -2.61. The molecule has 0 spiro atoms. The number of phenols is 1. The van der Waals surface area contributed by atoms with Crippen LogP contribution in [0.1, 0.15) is 59.9 Å². The van der Waals surface area contributed by atoms with Crippen molar-refractivity contribution in [2.24, 2.45) is 5.92 Å². The Bertz CT molecular complexity index is 824. The molecule has 0 heterocycles. The Balaban J connectivity index is 2.43. The molecule has 0 aromatic heterocycles. The fraction of sp³-hybridized carbons (Fsp3) is 0.615. The van der Waals surface area contributed by atoms with Crippen LogP contribution < -0.4 is 0 Å². The summed E-state index contributed by atoms with van der Waals surface area (Å²) in [5.41, 5.74) is 1.04. The molecule has 1 aliphatic carbocycles. The van der Waals surface area contributed by atoms with Crippen LogP contribution in [0, 0.1) is 5.92 Å². The van der Waals surface area contributed by atoms with Crippen LogP contribution in [-0.4, -0.2) is 31.8 Å². The highest BCUT2D eigenvalue weighted by atomic mass is 28.4. The number of rotatable bonds is 5. The van der Waals surface area contributed by atoms with Crippen LogP contribution in [-0.2, 0) is 4.43 Å². The number of phenolic OH excluding ortho intramolecular Hbond substituents is 1. The molecule has 2 rings (SSSR count). The Morgan fingerprint density at radius 3 is 2.00 bits per heavy atom. The zero-order chi connectivity index (χ0) is 23.9. The molecule has 1 aromatic rings. The van der Waals surface area contributed by atoms with Crippen LogP contribution in [0.4, 0.5) is 0 Å². The monoisotopic (exact) mass is 460 g/mol. The molecule has 0 aliphatic heterocycles. The summed E-state index contributed by atoms with van der Waals surface area (Å²) in [5, 5.41) is 21.1. The average molecular weight is 461 g/mol. The van der Waals surface area contributed by atoms with Gasteiger partial charge in [-0.25, -0.2) is 0 Å². The predicted molar refractivity (Wildman–Crippen MR) is 138 cm³/mol. The fourth-order valence-corrected chi connectivity index (χ4v) is 7.64. The van der Waals surface area contributed by atoms with Gasteiger partial charge < -0.3 is 14.6 Å². The van der Waals surface area contributed by atoms with Gasteiger partial charge >= 0.3 is 0 Å². The Morgan fingerprint density at radius 1 is 0.968 bits per heavy atom. The van der Waals surface area contributed by atoms with E-state index in [2.05, 4.69) is 86.0 Å². The minimum absolute atomic E-state index is 0.0758. The van der Waals surface area contributed by atoms with Crippen molar-refractivity contribution < 1.29 is 14.6 Å². The first kappa shape index (κ1) is 26.0. The molecule has 0 amide bonds. The largest absolute Gasteiger partial charge is 0.547 e. The molecule has 2 atom stereocenters. The summed E-state index contributed by atoms with van der Waals surface area (Å²) < 4.78 is 6.74. The van der Waals surface area contributed by atoms with Gasteiger partial charge in [-0.05, 0) is 53.4 Å². The molecule has 3 nitrogen and oxygen atoms in total. The summed E-state index contributed by atoms with van der Waals surface area (Å²) >= 11 is 0. The lowest BCUT2D eigenvalue weighted by molar-refractivity contribution is 0.0732. The normalized spacial score (nSPS) is 23.7. The van der Waals surface area contributed by atoms with Crippen molar-refractivity contribution in [3.63, 3.8) is 0 Å². The molecule has 0 fully saturated rings. The third-order valence-corrected chi connectivity index (χ3v) is 18.9. The second-order valence-electron chi connectivity index (χ2n) is 12.4. The van der Waals surface area contributed by atoms with E-state index in [-0.39, 0.29) is 21.7 Å². The van der Waals surface area contributed by atoms with Crippen molar-refractivity contribution >= 4 is 22.5 Å². The topological polar surface area (TPSA) is 49.7 Å². The molecule has 0 bridgehead atoms. The maximum absolute atomic E-state index is 12.1. The average Bonchev–Trinajstić information content (AvgIpc) is 2.58. The second kappa shape index (κ2) is 8.56. The fourth-order valence-electron chi connectivity index (χ4n) is 3.78. The van der Waals surface area contributed by atoms with Crippen LogP contribution in [0.5, 0.6) is 5.75 Å². The highest BCUT2D eigenvalue weighted by molar-refractivity contribution is 6.82. The van der Waals surface area contributed by atoms with Gasteiger partial charge in [0.05, 0.1) is 19.1 Å². The van der Waals surface area contributed by atoms with Gasteiger partial charge in [0.15, 0.2) is 0 Å². The minimum atomic E-state index is -2.07. The summed E-state index contributed by atoms with van der Waals surface area (Å²) in [7, 11) is -4.06. The van der Waals surface area contributed by atoms with E-state index in [1.165, 1.54) is 0 Å². The molecule has 31 heavy (non-hydrogen) atoms. The predicted octanol–water partition coefficient (Wildman–Crippen LogP) is 7.50. The van der Waals surface area contributed by atoms with Gasteiger partial charge in [0, 0.05) is 12.3 Å². The highest BCUT2D eigenvalue weighted by Gasteiger charge is 2.54. The number of aromatic hydroxyl groups is 1. The van der Waals surface area contributed by atoms with Gasteiger partial charge in [-0.3, -0.25) is 0 Å². The summed E-state index contributed by atoms with van der Waals surface area (Å²) in [6.45, 7) is 22.8. The first-order chi connectivity index (χ1) is 13.9. The van der Waals surface area contributed by atoms with Crippen molar-refractivity contribution in [2.75, 3.05) is 0 Å². The van der Waals surface area contributed by atoms with Gasteiger partial charge in [-0.1, -0.05) is 78.9 Å². The van der Waals surface area contributed by atoms with Crippen LogP contribution >= 0.6 is 0 Å². The summed E-state index contributed by atoms with van der Waals surface area (Å²) in [4.78, 5) is 0. The number of hydrogen-bond donors (Lipinski definition) is 2. The zero-order valence-electron chi connectivity index (χ0n) is 21.3. The van der Waals surface area contributed by atoms with E-state index in [1.54, 1.807) is 12.1 Å². The Morgan fingerprint density at radius 2 is 1.52 bits per heavy atom. The van der Waals surface area contributed by atoms with Crippen molar-refractivity contribution in [3.05, 3.63) is 47.7 Å². The smallest absolute Gasteiger partial charge is 0.250 e. The first-order valence-corrected chi connectivity index (χ1v) is 17.4. The molecule has 0 saturated carbocycles. The van der Waals surface area contributed by atoms with Crippen LogP contribution in [0.2, 0.25) is 36.3 Å². The number of benzene rings is 1. The third-order valence-electron chi connectivity index (χ3n) is 8.10. The van der Waals surface area contributed by atoms with Crippen molar-refractivity contribution in [3.8, 4) is 5.75 Å². The van der Waals surface area contributed by atoms with Crippen LogP contribution in [0.25, 0.3) is 6.08 Å². The SMILES string of the molecule is CC(C)(C)[Si](C)(C)OC1=CC(C=Cc2ccc(O)cc2)CC(O)([Si](C)(C)C(C)(C)C)C1. The molecular weight excluding hydrogens is 416 g/mol. The van der Waals surface area contributed by atoms with Gasteiger partial charge in [0.1, 0.15) is 5.75 Å². The molecule has 0 radical (unpaired) electrons. The maximum atomic E-state index is 12.1. The zero-order valence-corrected chi connectivity index (χ0v) is 23.3. The Labute approximate surface area is 192 Å². The minimum Gasteiger partial charge on any atom is -0.547 e. The van der Waals surface area contributed by atoms with Gasteiger partial charge in [0.2, 0.25) is 8.32 Å². The number of allylic oxidation sites excluding steroid dienone is 2. The van der Waals surface area contributed by atoms with Crippen molar-refractivity contribution in [1.29, 1.82) is 0 Å². The van der Waals surface area contributed by atoms with Gasteiger partial charge in [-0.15, -0.1) is 0 Å². The highest BCUT2D eigenvalue weighted by Crippen LogP contribution is 2.50. The third kappa shape index (κ3) is 5.74. The maximum Gasteiger partial charge on any atom is 0.250 e. The lowest BCUT2D eigenvalue weighted by atomic mass is 9.91. The Hall–Kier alpha value is -1.31. The molecular formula is C26H44O3Si2. The molecule has 1 aromatic carbocycles. The summed E-state index contributed by atoms with van der Waals surface area (Å²) in [6, 6.07) is 7.22. The Kier molecular flexibility index (Phi) is 7.17. The number of hydrogen-bond acceptors (Lipinski definition) is 3. The van der Waals surface area contributed by atoms with Crippen LogP contribution in [0.3, 0.4) is 0 Å². The van der Waals surface area contributed by atoms with Gasteiger partial charge in [-0.2, -0.15) is 0 Å². The molecule has 0 saturated heterocycles. The molecule has 1 aliphatic rings. The summed E-state index contributed by atoms with van der Waals surface area (Å²) in [5.74, 6) is 1.35. The van der Waals surface area contributed by atoms with E-state index in [0.29, 0.717) is 6.42 Å². The first-order valence-electron chi connectivity index (χ1n) is 11.5. The van der Waals surface area contributed by atoms with E-state index < -0.39 is 21.6 Å². The second-order valence-corrected chi connectivity index (χ2v) is 22.8. The summed E-state index contributed by atoms with van der Waals surface area (Å²) in [6.07, 6.45) is 7.83. The molecule has 174 valence electrons. The van der Waals surface area contributed by atoms with E-state index >= 15 is 0 Å².